The van der Waals surface area contributed by atoms with Gasteiger partial charge in [-0.25, -0.2) is 4.99 Å². The van der Waals surface area contributed by atoms with Gasteiger partial charge in [0.25, 0.3) is 6.02 Å². The first-order chi connectivity index (χ1) is 6.25. The van der Waals surface area contributed by atoms with Crippen molar-refractivity contribution in [1.29, 1.82) is 0 Å². The van der Waals surface area contributed by atoms with Crippen LogP contribution in [0.15, 0.2) is 29.3 Å². The molecule has 1 aromatic carbocycles. The van der Waals surface area contributed by atoms with Crippen LogP contribution in [0.5, 0.6) is 0 Å². The summed E-state index contributed by atoms with van der Waals surface area (Å²) in [7, 11) is 0. The van der Waals surface area contributed by atoms with Crippen LogP contribution < -0.4 is 5.73 Å². The molecule has 0 spiro atoms. The molecular formula is C9H9ClN2O. The molecule has 1 aromatic rings. The minimum absolute atomic E-state index is 0.0706. The topological polar surface area (TPSA) is 47.6 Å². The second-order valence-corrected chi connectivity index (χ2v) is 3.28. The highest BCUT2D eigenvalue weighted by molar-refractivity contribution is 6.30. The van der Waals surface area contributed by atoms with Crippen LogP contribution in [0.25, 0.3) is 0 Å². The molecule has 1 aliphatic rings. The molecule has 0 saturated carbocycles. The van der Waals surface area contributed by atoms with Gasteiger partial charge in [0, 0.05) is 5.02 Å². The molecule has 0 aliphatic carbocycles. The fourth-order valence-corrected chi connectivity index (χ4v) is 1.47. The average molecular weight is 197 g/mol. The fraction of sp³-hybridized carbons (Fsp3) is 0.222. The molecular weight excluding hydrogens is 188 g/mol. The second kappa shape index (κ2) is 3.26. The van der Waals surface area contributed by atoms with Gasteiger partial charge in [-0.1, -0.05) is 23.7 Å². The molecule has 1 atom stereocenters. The van der Waals surface area contributed by atoms with Crippen LogP contribution in [0.3, 0.4) is 0 Å². The maximum absolute atomic E-state index is 5.84. The van der Waals surface area contributed by atoms with Crippen LogP contribution in [-0.2, 0) is 4.74 Å². The largest absolute Gasteiger partial charge is 0.455 e. The Morgan fingerprint density at radius 2 is 2.38 bits per heavy atom. The summed E-state index contributed by atoms with van der Waals surface area (Å²) in [6, 6.07) is 7.77. The summed E-state index contributed by atoms with van der Waals surface area (Å²) < 4.78 is 5.27. The van der Waals surface area contributed by atoms with Crippen LogP contribution >= 0.6 is 11.6 Å². The molecule has 0 aromatic heterocycles. The lowest BCUT2D eigenvalue weighted by atomic mass is 10.1. The van der Waals surface area contributed by atoms with Gasteiger partial charge in [-0.15, -0.1) is 0 Å². The minimum Gasteiger partial charge on any atom is -0.455 e. The molecule has 68 valence electrons. The zero-order valence-corrected chi connectivity index (χ0v) is 7.66. The molecule has 2 rings (SSSR count). The van der Waals surface area contributed by atoms with E-state index in [1.165, 1.54) is 0 Å². The summed E-state index contributed by atoms with van der Waals surface area (Å²) in [5.74, 6) is 0. The Morgan fingerprint density at radius 3 is 3.00 bits per heavy atom. The molecule has 0 radical (unpaired) electrons. The summed E-state index contributed by atoms with van der Waals surface area (Å²) in [5, 5.41) is 0.701. The first-order valence-electron chi connectivity index (χ1n) is 3.98. The molecule has 0 saturated heterocycles. The summed E-state index contributed by atoms with van der Waals surface area (Å²) in [5.41, 5.74) is 6.41. The number of nitrogens with zero attached hydrogens (tertiary/aromatic N) is 1. The van der Waals surface area contributed by atoms with Crippen LogP contribution in [0.4, 0.5) is 0 Å². The van der Waals surface area contributed by atoms with E-state index in [9.17, 15) is 0 Å². The van der Waals surface area contributed by atoms with Gasteiger partial charge in [0.2, 0.25) is 0 Å². The Balaban J connectivity index is 2.18. The van der Waals surface area contributed by atoms with Gasteiger partial charge in [-0.3, -0.25) is 0 Å². The van der Waals surface area contributed by atoms with E-state index in [0.29, 0.717) is 11.6 Å². The summed E-state index contributed by atoms with van der Waals surface area (Å²) >= 11 is 5.84. The van der Waals surface area contributed by atoms with E-state index in [2.05, 4.69) is 4.99 Å². The van der Waals surface area contributed by atoms with Crippen LogP contribution in [-0.4, -0.2) is 12.6 Å². The van der Waals surface area contributed by atoms with Crippen molar-refractivity contribution in [1.82, 2.24) is 0 Å². The molecule has 13 heavy (non-hydrogen) atoms. The van der Waals surface area contributed by atoms with Crippen molar-refractivity contribution < 1.29 is 4.74 Å². The Morgan fingerprint density at radius 1 is 1.54 bits per heavy atom. The number of rotatable bonds is 1. The van der Waals surface area contributed by atoms with E-state index >= 15 is 0 Å². The molecule has 0 amide bonds. The Labute approximate surface area is 81.2 Å². The van der Waals surface area contributed by atoms with E-state index in [4.69, 9.17) is 22.1 Å². The van der Waals surface area contributed by atoms with Crippen molar-refractivity contribution >= 4 is 17.6 Å². The average Bonchev–Trinajstić information content (AvgIpc) is 2.52. The normalized spacial score (nSPS) is 21.0. The maximum atomic E-state index is 5.84. The lowest BCUT2D eigenvalue weighted by Crippen LogP contribution is -2.12. The third-order valence-corrected chi connectivity index (χ3v) is 2.13. The van der Waals surface area contributed by atoms with Crippen LogP contribution in [0.2, 0.25) is 5.02 Å². The zero-order valence-electron chi connectivity index (χ0n) is 6.90. The fourth-order valence-electron chi connectivity index (χ4n) is 1.27. The predicted molar refractivity (Wildman–Crippen MR) is 51.8 cm³/mol. The van der Waals surface area contributed by atoms with Crippen LogP contribution in [0, 0.1) is 0 Å². The Bertz CT molecular complexity index is 351. The molecule has 2 N–H and O–H groups in total. The van der Waals surface area contributed by atoms with Gasteiger partial charge < -0.3 is 10.5 Å². The van der Waals surface area contributed by atoms with Gasteiger partial charge >= 0.3 is 0 Å². The lowest BCUT2D eigenvalue weighted by Gasteiger charge is -2.09. The number of aliphatic imine (C=N–C) groups is 1. The monoisotopic (exact) mass is 196 g/mol. The molecule has 4 heteroatoms. The second-order valence-electron chi connectivity index (χ2n) is 2.84. The van der Waals surface area contributed by atoms with Crippen molar-refractivity contribution in [3.05, 3.63) is 34.9 Å². The maximum Gasteiger partial charge on any atom is 0.282 e. The van der Waals surface area contributed by atoms with E-state index in [-0.39, 0.29) is 12.1 Å². The zero-order chi connectivity index (χ0) is 9.26. The van der Waals surface area contributed by atoms with Gasteiger partial charge in [-0.05, 0) is 17.7 Å². The number of nitrogens with two attached hydrogens (primary N) is 1. The van der Waals surface area contributed by atoms with Crippen molar-refractivity contribution in [2.75, 3.05) is 6.54 Å². The smallest absolute Gasteiger partial charge is 0.282 e. The first kappa shape index (κ1) is 8.38. The van der Waals surface area contributed by atoms with Gasteiger partial charge in [-0.2, -0.15) is 0 Å². The highest BCUT2D eigenvalue weighted by Crippen LogP contribution is 2.23. The number of hydrogen-bond donors (Lipinski definition) is 1. The van der Waals surface area contributed by atoms with Crippen LogP contribution in [0.1, 0.15) is 11.7 Å². The Kier molecular flexibility index (Phi) is 2.10. The summed E-state index contributed by atoms with van der Waals surface area (Å²) in [6.07, 6.45) is -0.0706. The lowest BCUT2D eigenvalue weighted by molar-refractivity contribution is 0.226. The SMILES string of the molecule is NC1=NCC(c2cccc(Cl)c2)O1. The standard InChI is InChI=1S/C9H9ClN2O/c10-7-3-1-2-6(4-7)8-5-12-9(11)13-8/h1-4,8H,5H2,(H2,11,12). The van der Waals surface area contributed by atoms with Crippen molar-refractivity contribution in [3.8, 4) is 0 Å². The molecule has 1 aliphatic heterocycles. The molecule has 0 fully saturated rings. The summed E-state index contributed by atoms with van der Waals surface area (Å²) in [6.45, 7) is 0.576. The number of benzene rings is 1. The number of ether oxygens (including phenoxy) is 1. The van der Waals surface area contributed by atoms with E-state index < -0.39 is 0 Å². The minimum atomic E-state index is -0.0706. The van der Waals surface area contributed by atoms with E-state index in [0.717, 1.165) is 5.56 Å². The van der Waals surface area contributed by atoms with E-state index in [1.807, 2.05) is 24.3 Å². The third kappa shape index (κ3) is 1.75. The number of amidine groups is 1. The molecule has 1 unspecified atom stereocenters. The number of hydrogen-bond acceptors (Lipinski definition) is 3. The highest BCUT2D eigenvalue weighted by atomic mass is 35.5. The van der Waals surface area contributed by atoms with Crippen molar-refractivity contribution in [3.63, 3.8) is 0 Å². The van der Waals surface area contributed by atoms with Crippen molar-refractivity contribution in [2.24, 2.45) is 10.7 Å². The van der Waals surface area contributed by atoms with E-state index in [1.54, 1.807) is 0 Å². The van der Waals surface area contributed by atoms with Crippen molar-refractivity contribution in [2.45, 2.75) is 6.10 Å². The van der Waals surface area contributed by atoms with Gasteiger partial charge in [0.15, 0.2) is 0 Å². The quantitative estimate of drug-likeness (QED) is 0.744. The molecule has 0 bridgehead atoms. The highest BCUT2D eigenvalue weighted by Gasteiger charge is 2.19. The molecule has 1 heterocycles. The van der Waals surface area contributed by atoms with Gasteiger partial charge in [0.05, 0.1) is 6.54 Å². The first-order valence-corrected chi connectivity index (χ1v) is 4.35. The predicted octanol–water partition coefficient (Wildman–Crippen LogP) is 1.73. The summed E-state index contributed by atoms with van der Waals surface area (Å²) in [4.78, 5) is 3.95. The third-order valence-electron chi connectivity index (χ3n) is 1.90. The Hall–Kier alpha value is -1.22. The van der Waals surface area contributed by atoms with Gasteiger partial charge in [0.1, 0.15) is 6.10 Å². The number of halogens is 1. The molecule has 3 nitrogen and oxygen atoms in total.